The van der Waals surface area contributed by atoms with Crippen molar-refractivity contribution in [2.24, 2.45) is 5.14 Å². The van der Waals surface area contributed by atoms with Crippen LogP contribution >= 0.6 is 0 Å². The van der Waals surface area contributed by atoms with E-state index in [1.54, 1.807) is 6.92 Å². The van der Waals surface area contributed by atoms with Gasteiger partial charge in [0.05, 0.1) is 7.11 Å². The smallest absolute Gasteiger partial charge is 0.356 e. The zero-order valence-corrected chi connectivity index (χ0v) is 9.11. The van der Waals surface area contributed by atoms with Crippen LogP contribution in [-0.2, 0) is 21.3 Å². The normalized spacial score (nSPS) is 11.4. The number of hydrogen-bond acceptors (Lipinski definition) is 5. The highest BCUT2D eigenvalue weighted by molar-refractivity contribution is 7.89. The van der Waals surface area contributed by atoms with Crippen molar-refractivity contribution in [1.29, 1.82) is 0 Å². The van der Waals surface area contributed by atoms with Crippen molar-refractivity contribution in [3.8, 4) is 0 Å². The van der Waals surface area contributed by atoms with Gasteiger partial charge in [-0.1, -0.05) is 0 Å². The first-order valence-corrected chi connectivity index (χ1v) is 5.63. The molecule has 8 heteroatoms. The number of nitrogens with zero attached hydrogens (tertiary/aromatic N) is 2. The van der Waals surface area contributed by atoms with Gasteiger partial charge in [0.15, 0.2) is 5.03 Å². The van der Waals surface area contributed by atoms with Gasteiger partial charge in [-0.3, -0.25) is 4.68 Å². The third kappa shape index (κ3) is 2.34. The van der Waals surface area contributed by atoms with E-state index < -0.39 is 16.0 Å². The Labute approximate surface area is 86.9 Å². The quantitative estimate of drug-likeness (QED) is 0.697. The highest BCUT2D eigenvalue weighted by atomic mass is 32.2. The Morgan fingerprint density at radius 3 is 2.67 bits per heavy atom. The number of rotatable bonds is 3. The minimum atomic E-state index is -3.90. The van der Waals surface area contributed by atoms with Crippen LogP contribution in [0.2, 0.25) is 0 Å². The molecule has 0 radical (unpaired) electrons. The number of carbonyl (C=O) groups excluding carboxylic acids is 1. The van der Waals surface area contributed by atoms with Crippen LogP contribution in [0.5, 0.6) is 0 Å². The van der Waals surface area contributed by atoms with E-state index in [0.29, 0.717) is 6.54 Å². The minimum Gasteiger partial charge on any atom is -0.464 e. The lowest BCUT2D eigenvalue weighted by Crippen LogP contribution is -2.13. The fraction of sp³-hybridized carbons (Fsp3) is 0.429. The second-order valence-electron chi connectivity index (χ2n) is 2.72. The topological polar surface area (TPSA) is 104 Å². The molecule has 1 heterocycles. The van der Waals surface area contributed by atoms with Crippen molar-refractivity contribution in [2.75, 3.05) is 7.11 Å². The van der Waals surface area contributed by atoms with E-state index >= 15 is 0 Å². The number of esters is 1. The number of aryl methyl sites for hydroxylation is 1. The first-order valence-electron chi connectivity index (χ1n) is 4.09. The maximum atomic E-state index is 11.2. The monoisotopic (exact) mass is 233 g/mol. The molecule has 1 aromatic rings. The molecule has 7 nitrogen and oxygen atoms in total. The molecular formula is C7H11N3O4S. The highest BCUT2D eigenvalue weighted by Gasteiger charge is 2.20. The van der Waals surface area contributed by atoms with Gasteiger partial charge in [-0.05, 0) is 6.92 Å². The first kappa shape index (κ1) is 11.7. The fourth-order valence-corrected chi connectivity index (χ4v) is 1.53. The van der Waals surface area contributed by atoms with Crippen molar-refractivity contribution in [3.05, 3.63) is 11.8 Å². The number of carbonyl (C=O) groups is 1. The van der Waals surface area contributed by atoms with Crippen molar-refractivity contribution in [3.63, 3.8) is 0 Å². The summed E-state index contributed by atoms with van der Waals surface area (Å²) in [7, 11) is -2.70. The molecule has 84 valence electrons. The lowest BCUT2D eigenvalue weighted by molar-refractivity contribution is 0.0587. The number of sulfonamides is 1. The Bertz CT molecular complexity index is 476. The number of aromatic nitrogens is 2. The molecule has 0 aliphatic rings. The molecule has 0 spiro atoms. The fourth-order valence-electron chi connectivity index (χ4n) is 1.04. The van der Waals surface area contributed by atoms with Gasteiger partial charge in [0.2, 0.25) is 0 Å². The second kappa shape index (κ2) is 3.99. The van der Waals surface area contributed by atoms with Gasteiger partial charge in [-0.25, -0.2) is 18.4 Å². The van der Waals surface area contributed by atoms with Gasteiger partial charge in [0.25, 0.3) is 10.0 Å². The molecule has 0 atom stereocenters. The van der Waals surface area contributed by atoms with Crippen LogP contribution in [0.15, 0.2) is 11.1 Å². The van der Waals surface area contributed by atoms with Gasteiger partial charge in [0.1, 0.15) is 5.69 Å². The van der Waals surface area contributed by atoms with Crippen LogP contribution in [-0.4, -0.2) is 31.3 Å². The summed E-state index contributed by atoms with van der Waals surface area (Å²) in [5.41, 5.74) is 0.0593. The van der Waals surface area contributed by atoms with Crippen LogP contribution in [0.3, 0.4) is 0 Å². The van der Waals surface area contributed by atoms with Gasteiger partial charge in [-0.15, -0.1) is 0 Å². The molecule has 0 amide bonds. The highest BCUT2D eigenvalue weighted by Crippen LogP contribution is 2.09. The lowest BCUT2D eigenvalue weighted by Gasteiger charge is -2.00. The Kier molecular flexibility index (Phi) is 3.10. The van der Waals surface area contributed by atoms with Crippen molar-refractivity contribution in [2.45, 2.75) is 18.5 Å². The summed E-state index contributed by atoms with van der Waals surface area (Å²) >= 11 is 0. The number of hydrogen-bond donors (Lipinski definition) is 1. The summed E-state index contributed by atoms with van der Waals surface area (Å²) in [6.45, 7) is 2.06. The van der Waals surface area contributed by atoms with E-state index in [-0.39, 0.29) is 10.7 Å². The standard InChI is InChI=1S/C7H11N3O4S/c1-3-10-5(7(11)14-2)4-6(9-10)15(8,12)13/h4H,3H2,1-2H3,(H2,8,12,13). The number of methoxy groups -OCH3 is 1. The molecule has 0 bridgehead atoms. The van der Waals surface area contributed by atoms with Gasteiger partial charge < -0.3 is 4.74 Å². The average Bonchev–Trinajstić information content (AvgIpc) is 2.59. The zero-order valence-electron chi connectivity index (χ0n) is 8.30. The van der Waals surface area contributed by atoms with E-state index in [0.717, 1.165) is 6.07 Å². The van der Waals surface area contributed by atoms with E-state index in [4.69, 9.17) is 5.14 Å². The van der Waals surface area contributed by atoms with Crippen LogP contribution in [0.4, 0.5) is 0 Å². The average molecular weight is 233 g/mol. The van der Waals surface area contributed by atoms with Crippen molar-refractivity contribution < 1.29 is 17.9 Å². The number of ether oxygens (including phenoxy) is 1. The van der Waals surface area contributed by atoms with Gasteiger partial charge in [-0.2, -0.15) is 5.10 Å². The van der Waals surface area contributed by atoms with E-state index in [2.05, 4.69) is 9.84 Å². The minimum absolute atomic E-state index is 0.0593. The molecule has 0 fully saturated rings. The zero-order chi connectivity index (χ0) is 11.6. The maximum Gasteiger partial charge on any atom is 0.356 e. The number of nitrogens with two attached hydrogens (primary N) is 1. The van der Waals surface area contributed by atoms with Gasteiger partial charge >= 0.3 is 5.97 Å². The summed E-state index contributed by atoms with van der Waals surface area (Å²) in [4.78, 5) is 11.2. The molecule has 15 heavy (non-hydrogen) atoms. The molecule has 1 rings (SSSR count). The Hall–Kier alpha value is -1.41. The van der Waals surface area contributed by atoms with E-state index in [9.17, 15) is 13.2 Å². The largest absolute Gasteiger partial charge is 0.464 e. The molecular weight excluding hydrogens is 222 g/mol. The van der Waals surface area contributed by atoms with Crippen molar-refractivity contribution in [1.82, 2.24) is 9.78 Å². The SMILES string of the molecule is CCn1nc(S(N)(=O)=O)cc1C(=O)OC. The first-order chi connectivity index (χ1) is 6.90. The van der Waals surface area contributed by atoms with E-state index in [1.165, 1.54) is 11.8 Å². The van der Waals surface area contributed by atoms with E-state index in [1.807, 2.05) is 0 Å². The predicted octanol–water partition coefficient (Wildman–Crippen LogP) is -0.663. The summed E-state index contributed by atoms with van der Waals surface area (Å²) < 4.78 is 27.6. The summed E-state index contributed by atoms with van der Waals surface area (Å²) in [6.07, 6.45) is 0. The second-order valence-corrected chi connectivity index (χ2v) is 4.23. The summed E-state index contributed by atoms with van der Waals surface area (Å²) in [5, 5.41) is 8.21. The molecule has 0 saturated carbocycles. The third-order valence-corrected chi connectivity index (χ3v) is 2.53. The molecule has 1 aromatic heterocycles. The Morgan fingerprint density at radius 2 is 2.27 bits per heavy atom. The van der Waals surface area contributed by atoms with Gasteiger partial charge in [0, 0.05) is 12.6 Å². The molecule has 0 aromatic carbocycles. The Balaban J connectivity index is 3.29. The maximum absolute atomic E-state index is 11.2. The lowest BCUT2D eigenvalue weighted by atomic mass is 10.4. The summed E-state index contributed by atoms with van der Waals surface area (Å²) in [5.74, 6) is -0.653. The van der Waals surface area contributed by atoms with Crippen LogP contribution in [0, 0.1) is 0 Å². The molecule has 0 aliphatic carbocycles. The van der Waals surface area contributed by atoms with Crippen molar-refractivity contribution >= 4 is 16.0 Å². The number of primary sulfonamides is 1. The molecule has 0 aliphatic heterocycles. The third-order valence-electron chi connectivity index (χ3n) is 1.74. The predicted molar refractivity (Wildman–Crippen MR) is 50.6 cm³/mol. The van der Waals surface area contributed by atoms with Crippen LogP contribution < -0.4 is 5.14 Å². The summed E-state index contributed by atoms with van der Waals surface area (Å²) in [6, 6.07) is 1.09. The molecule has 0 saturated heterocycles. The van der Waals surface area contributed by atoms with Crippen LogP contribution in [0.25, 0.3) is 0 Å². The Morgan fingerprint density at radius 1 is 1.67 bits per heavy atom. The van der Waals surface area contributed by atoms with Crippen LogP contribution in [0.1, 0.15) is 17.4 Å². The molecule has 2 N–H and O–H groups in total. The molecule has 0 unspecified atom stereocenters.